The molecule has 0 aliphatic heterocycles. The summed E-state index contributed by atoms with van der Waals surface area (Å²) in [6.07, 6.45) is 1.48. The van der Waals surface area contributed by atoms with Crippen LogP contribution in [0.25, 0.3) is 0 Å². The first-order valence-corrected chi connectivity index (χ1v) is 5.17. The first-order chi connectivity index (χ1) is 8.20. The molecule has 0 saturated carbocycles. The molecular formula is C13H12N2O2. The quantitative estimate of drug-likeness (QED) is 0.877. The number of hydrogen-bond acceptors (Lipinski definition) is 3. The monoisotopic (exact) mass is 228 g/mol. The van der Waals surface area contributed by atoms with Crippen LogP contribution in [0.5, 0.6) is 0 Å². The summed E-state index contributed by atoms with van der Waals surface area (Å²) in [7, 11) is 1.82. The molecule has 0 radical (unpaired) electrons. The number of nitrogens with zero attached hydrogens (tertiary/aromatic N) is 2. The van der Waals surface area contributed by atoms with Gasteiger partial charge in [0.1, 0.15) is 0 Å². The lowest BCUT2D eigenvalue weighted by molar-refractivity contribution is 0.0691. The number of hydrogen-bond donors (Lipinski definition) is 1. The molecule has 4 nitrogen and oxygen atoms in total. The van der Waals surface area contributed by atoms with E-state index >= 15 is 0 Å². The third-order valence-electron chi connectivity index (χ3n) is 2.49. The zero-order chi connectivity index (χ0) is 12.3. The molecule has 1 aromatic heterocycles. The molecule has 17 heavy (non-hydrogen) atoms. The lowest BCUT2D eigenvalue weighted by atomic mass is 10.2. The predicted molar refractivity (Wildman–Crippen MR) is 65.7 cm³/mol. The van der Waals surface area contributed by atoms with Gasteiger partial charge < -0.3 is 10.0 Å². The van der Waals surface area contributed by atoms with Gasteiger partial charge in [0.25, 0.3) is 0 Å². The van der Waals surface area contributed by atoms with Gasteiger partial charge in [-0.15, -0.1) is 0 Å². The summed E-state index contributed by atoms with van der Waals surface area (Å²) < 4.78 is 0. The Labute approximate surface area is 99.2 Å². The molecule has 1 heterocycles. The summed E-state index contributed by atoms with van der Waals surface area (Å²) in [4.78, 5) is 16.8. The molecular weight excluding hydrogens is 216 g/mol. The van der Waals surface area contributed by atoms with Crippen molar-refractivity contribution in [3.8, 4) is 0 Å². The predicted octanol–water partition coefficient (Wildman–Crippen LogP) is 2.55. The highest BCUT2D eigenvalue weighted by atomic mass is 16.4. The topological polar surface area (TPSA) is 53.4 Å². The minimum absolute atomic E-state index is 0.0545. The van der Waals surface area contributed by atoms with E-state index in [2.05, 4.69) is 4.98 Å². The molecule has 1 N–H and O–H groups in total. The molecule has 2 rings (SSSR count). The van der Waals surface area contributed by atoms with Crippen molar-refractivity contribution in [3.63, 3.8) is 0 Å². The van der Waals surface area contributed by atoms with Crippen LogP contribution in [0.2, 0.25) is 0 Å². The molecule has 0 fully saturated rings. The van der Waals surface area contributed by atoms with Crippen LogP contribution in [0.1, 0.15) is 10.5 Å². The Balaban J connectivity index is 2.44. The fourth-order valence-electron chi connectivity index (χ4n) is 1.62. The number of carboxylic acid groups (broad SMARTS) is 1. The number of pyridine rings is 1. The molecule has 4 heteroatoms. The molecule has 1 aromatic carbocycles. The molecule has 0 saturated heterocycles. The number of carboxylic acids is 1. The number of rotatable bonds is 3. The highest BCUT2D eigenvalue weighted by molar-refractivity contribution is 5.93. The third kappa shape index (κ3) is 2.25. The van der Waals surface area contributed by atoms with Crippen molar-refractivity contribution in [1.82, 2.24) is 4.98 Å². The summed E-state index contributed by atoms with van der Waals surface area (Å²) in [5, 5.41) is 9.07. The Hall–Kier alpha value is -2.36. The van der Waals surface area contributed by atoms with E-state index in [0.717, 1.165) is 5.69 Å². The van der Waals surface area contributed by atoms with E-state index in [4.69, 9.17) is 5.11 Å². The molecule has 2 aromatic rings. The number of anilines is 2. The highest BCUT2D eigenvalue weighted by Gasteiger charge is 2.14. The van der Waals surface area contributed by atoms with Gasteiger partial charge in [0, 0.05) is 18.9 Å². The van der Waals surface area contributed by atoms with E-state index in [9.17, 15) is 4.79 Å². The molecule has 0 spiro atoms. The fraction of sp³-hybridized carbons (Fsp3) is 0.0769. The molecule has 0 unspecified atom stereocenters. The van der Waals surface area contributed by atoms with Crippen molar-refractivity contribution < 1.29 is 9.90 Å². The van der Waals surface area contributed by atoms with Gasteiger partial charge in [-0.25, -0.2) is 9.78 Å². The van der Waals surface area contributed by atoms with E-state index in [0.29, 0.717) is 5.69 Å². The van der Waals surface area contributed by atoms with Gasteiger partial charge in [0.15, 0.2) is 5.69 Å². The van der Waals surface area contributed by atoms with Crippen LogP contribution in [0.4, 0.5) is 11.4 Å². The van der Waals surface area contributed by atoms with Crippen molar-refractivity contribution in [3.05, 3.63) is 54.4 Å². The van der Waals surface area contributed by atoms with Crippen molar-refractivity contribution in [2.24, 2.45) is 0 Å². The molecule has 0 amide bonds. The fourth-order valence-corrected chi connectivity index (χ4v) is 1.62. The third-order valence-corrected chi connectivity index (χ3v) is 2.49. The van der Waals surface area contributed by atoms with Crippen molar-refractivity contribution in [2.45, 2.75) is 0 Å². The van der Waals surface area contributed by atoms with Gasteiger partial charge in [-0.3, -0.25) is 0 Å². The largest absolute Gasteiger partial charge is 0.476 e. The van der Waals surface area contributed by atoms with Crippen molar-refractivity contribution >= 4 is 17.3 Å². The van der Waals surface area contributed by atoms with E-state index in [1.54, 1.807) is 17.0 Å². The minimum atomic E-state index is -1.02. The van der Waals surface area contributed by atoms with Gasteiger partial charge in [0.05, 0.1) is 5.69 Å². The van der Waals surface area contributed by atoms with Crippen LogP contribution in [0, 0.1) is 0 Å². The Morgan fingerprint density at radius 2 is 1.88 bits per heavy atom. The van der Waals surface area contributed by atoms with E-state index in [1.807, 2.05) is 37.4 Å². The second-order valence-electron chi connectivity index (χ2n) is 3.57. The van der Waals surface area contributed by atoms with Gasteiger partial charge >= 0.3 is 5.97 Å². The van der Waals surface area contributed by atoms with Crippen molar-refractivity contribution in [2.75, 3.05) is 11.9 Å². The Morgan fingerprint density at radius 3 is 2.53 bits per heavy atom. The number of para-hydroxylation sites is 1. The Bertz CT molecular complexity index is 526. The molecule has 0 aliphatic rings. The summed E-state index contributed by atoms with van der Waals surface area (Å²) in [6.45, 7) is 0. The van der Waals surface area contributed by atoms with Crippen LogP contribution in [-0.2, 0) is 0 Å². The summed E-state index contributed by atoms with van der Waals surface area (Å²) in [5.41, 5.74) is 1.55. The molecule has 0 bridgehead atoms. The molecule has 0 atom stereocenters. The number of aromatic nitrogens is 1. The highest BCUT2D eigenvalue weighted by Crippen LogP contribution is 2.25. The summed E-state index contributed by atoms with van der Waals surface area (Å²) >= 11 is 0. The van der Waals surface area contributed by atoms with E-state index in [-0.39, 0.29) is 5.69 Å². The standard InChI is InChI=1S/C13H12N2O2/c1-15(10-6-3-2-4-7-10)11-8-5-9-14-12(11)13(16)17/h2-9H,1H3,(H,16,17). The lowest BCUT2D eigenvalue weighted by Gasteiger charge is -2.20. The second kappa shape index (κ2) is 4.65. The molecule has 86 valence electrons. The first-order valence-electron chi connectivity index (χ1n) is 5.17. The SMILES string of the molecule is CN(c1ccccc1)c1cccnc1C(=O)O. The van der Waals surface area contributed by atoms with Crippen LogP contribution in [0.3, 0.4) is 0 Å². The van der Waals surface area contributed by atoms with E-state index in [1.165, 1.54) is 6.20 Å². The maximum atomic E-state index is 11.1. The Morgan fingerprint density at radius 1 is 1.18 bits per heavy atom. The van der Waals surface area contributed by atoms with Gasteiger partial charge in [-0.2, -0.15) is 0 Å². The van der Waals surface area contributed by atoms with Crippen LogP contribution in [0.15, 0.2) is 48.7 Å². The average molecular weight is 228 g/mol. The first kappa shape index (κ1) is 11.1. The van der Waals surface area contributed by atoms with Crippen LogP contribution in [-0.4, -0.2) is 23.1 Å². The summed E-state index contributed by atoms with van der Waals surface area (Å²) in [6, 6.07) is 13.0. The number of benzene rings is 1. The van der Waals surface area contributed by atoms with E-state index < -0.39 is 5.97 Å². The van der Waals surface area contributed by atoms with Crippen LogP contribution < -0.4 is 4.90 Å². The maximum absolute atomic E-state index is 11.1. The summed E-state index contributed by atoms with van der Waals surface area (Å²) in [5.74, 6) is -1.02. The average Bonchev–Trinajstić information content (AvgIpc) is 2.39. The van der Waals surface area contributed by atoms with Gasteiger partial charge in [-0.05, 0) is 24.3 Å². The normalized spacial score (nSPS) is 9.94. The van der Waals surface area contributed by atoms with Crippen molar-refractivity contribution in [1.29, 1.82) is 0 Å². The lowest BCUT2D eigenvalue weighted by Crippen LogP contribution is -2.15. The maximum Gasteiger partial charge on any atom is 0.356 e. The smallest absolute Gasteiger partial charge is 0.356 e. The van der Waals surface area contributed by atoms with Gasteiger partial charge in [-0.1, -0.05) is 18.2 Å². The zero-order valence-electron chi connectivity index (χ0n) is 9.37. The molecule has 0 aliphatic carbocycles. The second-order valence-corrected chi connectivity index (χ2v) is 3.57. The van der Waals surface area contributed by atoms with Gasteiger partial charge in [0.2, 0.25) is 0 Å². The Kier molecular flexibility index (Phi) is 3.05. The number of carbonyl (C=O) groups is 1. The zero-order valence-corrected chi connectivity index (χ0v) is 9.37. The minimum Gasteiger partial charge on any atom is -0.476 e. The van der Waals surface area contributed by atoms with Crippen LogP contribution >= 0.6 is 0 Å². The number of aromatic carboxylic acids is 1.